The Morgan fingerprint density at radius 3 is 2.58 bits per heavy atom. The lowest BCUT2D eigenvalue weighted by Gasteiger charge is -1.99. The summed E-state index contributed by atoms with van der Waals surface area (Å²) in [5.74, 6) is 0. The van der Waals surface area contributed by atoms with Crippen LogP contribution in [0.5, 0.6) is 0 Å². The van der Waals surface area contributed by atoms with Crippen LogP contribution in [0.3, 0.4) is 0 Å². The van der Waals surface area contributed by atoms with E-state index < -0.39 is 0 Å². The second kappa shape index (κ2) is 4.93. The molecule has 1 rings (SSSR count). The minimum absolute atomic E-state index is 0.700. The Kier molecular flexibility index (Phi) is 3.80. The molecule has 0 aliphatic rings. The Morgan fingerprint density at radius 1 is 1.33 bits per heavy atom. The second-order valence-electron chi connectivity index (χ2n) is 2.45. The summed E-state index contributed by atoms with van der Waals surface area (Å²) in [4.78, 5) is 9.93. The van der Waals surface area contributed by atoms with E-state index in [2.05, 4.69) is 21.2 Å². The molecule has 1 N–H and O–H groups in total. The number of amides is 1. The third-order valence-electron chi connectivity index (χ3n) is 1.55. The normalized spacial score (nSPS) is 9.42. The summed E-state index contributed by atoms with van der Waals surface area (Å²) < 4.78 is 1.08. The van der Waals surface area contributed by atoms with Crippen LogP contribution in [0.15, 0.2) is 28.7 Å². The summed E-state index contributed by atoms with van der Waals surface area (Å²) >= 11 is 3.36. The SMILES string of the molecule is O=CNCCc1ccc(Br)cc1. The molecule has 1 amide bonds. The van der Waals surface area contributed by atoms with E-state index in [0.717, 1.165) is 17.3 Å². The van der Waals surface area contributed by atoms with Crippen LogP contribution >= 0.6 is 15.9 Å². The Labute approximate surface area is 80.1 Å². The lowest BCUT2D eigenvalue weighted by Crippen LogP contribution is -2.14. The number of hydrogen-bond donors (Lipinski definition) is 1. The van der Waals surface area contributed by atoms with Gasteiger partial charge in [-0.1, -0.05) is 28.1 Å². The minimum Gasteiger partial charge on any atom is -0.358 e. The average Bonchev–Trinajstić information content (AvgIpc) is 2.09. The van der Waals surface area contributed by atoms with Crippen molar-refractivity contribution in [1.29, 1.82) is 0 Å². The Morgan fingerprint density at radius 2 is 2.00 bits per heavy atom. The van der Waals surface area contributed by atoms with Gasteiger partial charge in [-0.2, -0.15) is 0 Å². The maximum absolute atomic E-state index is 9.93. The highest BCUT2D eigenvalue weighted by atomic mass is 79.9. The van der Waals surface area contributed by atoms with Crippen LogP contribution in [-0.2, 0) is 11.2 Å². The van der Waals surface area contributed by atoms with Crippen molar-refractivity contribution in [2.24, 2.45) is 0 Å². The van der Waals surface area contributed by atoms with Crippen LogP contribution < -0.4 is 5.32 Å². The van der Waals surface area contributed by atoms with Crippen LogP contribution in [0.25, 0.3) is 0 Å². The van der Waals surface area contributed by atoms with Gasteiger partial charge in [-0.25, -0.2) is 0 Å². The maximum Gasteiger partial charge on any atom is 0.207 e. The molecule has 0 atom stereocenters. The standard InChI is InChI=1S/C9H10BrNO/c10-9-3-1-8(2-4-9)5-6-11-7-12/h1-4,7H,5-6H2,(H,11,12). The number of halogens is 1. The van der Waals surface area contributed by atoms with Crippen LogP contribution in [0.4, 0.5) is 0 Å². The molecule has 0 aliphatic carbocycles. The molecule has 0 spiro atoms. The van der Waals surface area contributed by atoms with Gasteiger partial charge < -0.3 is 5.32 Å². The van der Waals surface area contributed by atoms with Crippen molar-refractivity contribution < 1.29 is 4.79 Å². The highest BCUT2D eigenvalue weighted by molar-refractivity contribution is 9.10. The van der Waals surface area contributed by atoms with Gasteiger partial charge in [0.05, 0.1) is 0 Å². The van der Waals surface area contributed by atoms with Crippen LogP contribution in [-0.4, -0.2) is 13.0 Å². The van der Waals surface area contributed by atoms with E-state index >= 15 is 0 Å². The van der Waals surface area contributed by atoms with E-state index in [1.165, 1.54) is 5.56 Å². The molecule has 0 radical (unpaired) electrons. The smallest absolute Gasteiger partial charge is 0.207 e. The first-order valence-electron chi connectivity index (χ1n) is 3.74. The predicted molar refractivity (Wildman–Crippen MR) is 51.9 cm³/mol. The molecule has 64 valence electrons. The second-order valence-corrected chi connectivity index (χ2v) is 3.36. The summed E-state index contributed by atoms with van der Waals surface area (Å²) in [7, 11) is 0. The number of carbonyl (C=O) groups excluding carboxylic acids is 1. The molecular formula is C9H10BrNO. The van der Waals surface area contributed by atoms with Gasteiger partial charge in [0, 0.05) is 11.0 Å². The van der Waals surface area contributed by atoms with Crippen molar-refractivity contribution in [1.82, 2.24) is 5.32 Å². The van der Waals surface area contributed by atoms with E-state index in [0.29, 0.717) is 6.54 Å². The maximum atomic E-state index is 9.93. The van der Waals surface area contributed by atoms with E-state index in [4.69, 9.17) is 0 Å². The Hall–Kier alpha value is -0.830. The van der Waals surface area contributed by atoms with Gasteiger partial charge in [0.2, 0.25) is 6.41 Å². The zero-order valence-electron chi connectivity index (χ0n) is 6.59. The zero-order chi connectivity index (χ0) is 8.81. The number of rotatable bonds is 4. The van der Waals surface area contributed by atoms with Gasteiger partial charge in [-0.05, 0) is 24.1 Å². The average molecular weight is 228 g/mol. The van der Waals surface area contributed by atoms with Crippen LogP contribution in [0, 0.1) is 0 Å². The highest BCUT2D eigenvalue weighted by Gasteiger charge is 1.91. The number of carbonyl (C=O) groups is 1. The quantitative estimate of drug-likeness (QED) is 0.617. The fourth-order valence-electron chi connectivity index (χ4n) is 0.927. The molecule has 1 aromatic rings. The largest absolute Gasteiger partial charge is 0.358 e. The van der Waals surface area contributed by atoms with Gasteiger partial charge >= 0.3 is 0 Å². The first kappa shape index (κ1) is 9.26. The molecule has 3 heteroatoms. The van der Waals surface area contributed by atoms with E-state index in [9.17, 15) is 4.79 Å². The highest BCUT2D eigenvalue weighted by Crippen LogP contribution is 2.10. The predicted octanol–water partition coefficient (Wildman–Crippen LogP) is 1.74. The third-order valence-corrected chi connectivity index (χ3v) is 2.08. The molecule has 1 aromatic carbocycles. The van der Waals surface area contributed by atoms with Gasteiger partial charge in [0.25, 0.3) is 0 Å². The molecule has 12 heavy (non-hydrogen) atoms. The Bertz CT molecular complexity index is 245. The first-order valence-corrected chi connectivity index (χ1v) is 4.53. The third kappa shape index (κ3) is 3.05. The first-order chi connectivity index (χ1) is 5.83. The fourth-order valence-corrected chi connectivity index (χ4v) is 1.19. The number of hydrogen-bond acceptors (Lipinski definition) is 1. The number of nitrogens with one attached hydrogen (secondary N) is 1. The van der Waals surface area contributed by atoms with Gasteiger partial charge in [-0.15, -0.1) is 0 Å². The van der Waals surface area contributed by atoms with Crippen molar-refractivity contribution in [3.05, 3.63) is 34.3 Å². The van der Waals surface area contributed by atoms with Crippen molar-refractivity contribution in [3.63, 3.8) is 0 Å². The Balaban J connectivity index is 2.42. The van der Waals surface area contributed by atoms with Crippen LogP contribution in [0.1, 0.15) is 5.56 Å². The van der Waals surface area contributed by atoms with Gasteiger partial charge in [0.1, 0.15) is 0 Å². The van der Waals surface area contributed by atoms with E-state index in [-0.39, 0.29) is 0 Å². The topological polar surface area (TPSA) is 29.1 Å². The molecule has 0 bridgehead atoms. The molecule has 0 fully saturated rings. The summed E-state index contributed by atoms with van der Waals surface area (Å²) in [6.45, 7) is 0.700. The summed E-state index contributed by atoms with van der Waals surface area (Å²) in [5, 5.41) is 2.62. The molecule has 0 aromatic heterocycles. The monoisotopic (exact) mass is 227 g/mol. The zero-order valence-corrected chi connectivity index (χ0v) is 8.17. The molecule has 0 unspecified atom stereocenters. The van der Waals surface area contributed by atoms with Gasteiger partial charge in [0.15, 0.2) is 0 Å². The molecule has 0 saturated heterocycles. The van der Waals surface area contributed by atoms with Crippen molar-refractivity contribution in [2.45, 2.75) is 6.42 Å². The molecule has 2 nitrogen and oxygen atoms in total. The molecule has 0 heterocycles. The lowest BCUT2D eigenvalue weighted by molar-refractivity contribution is -0.109. The summed E-state index contributed by atoms with van der Waals surface area (Å²) in [6.07, 6.45) is 1.60. The molecule has 0 aliphatic heterocycles. The number of benzene rings is 1. The fraction of sp³-hybridized carbons (Fsp3) is 0.222. The minimum atomic E-state index is 0.700. The summed E-state index contributed by atoms with van der Waals surface area (Å²) in [6, 6.07) is 8.07. The molecular weight excluding hydrogens is 218 g/mol. The van der Waals surface area contributed by atoms with E-state index in [1.54, 1.807) is 0 Å². The van der Waals surface area contributed by atoms with Crippen molar-refractivity contribution in [3.8, 4) is 0 Å². The van der Waals surface area contributed by atoms with E-state index in [1.807, 2.05) is 24.3 Å². The van der Waals surface area contributed by atoms with Crippen LogP contribution in [0.2, 0.25) is 0 Å². The van der Waals surface area contributed by atoms with Crippen molar-refractivity contribution in [2.75, 3.05) is 6.54 Å². The lowest BCUT2D eigenvalue weighted by atomic mass is 10.1. The summed E-state index contributed by atoms with van der Waals surface area (Å²) in [5.41, 5.74) is 1.23. The molecule has 0 saturated carbocycles. The van der Waals surface area contributed by atoms with Gasteiger partial charge in [-0.3, -0.25) is 4.79 Å². The van der Waals surface area contributed by atoms with Crippen molar-refractivity contribution >= 4 is 22.3 Å².